The Hall–Kier alpha value is -0.380. The van der Waals surface area contributed by atoms with E-state index in [-0.39, 0.29) is 0 Å². The summed E-state index contributed by atoms with van der Waals surface area (Å²) in [6.45, 7) is 7.94. The molecule has 0 aliphatic heterocycles. The van der Waals surface area contributed by atoms with Crippen LogP contribution in [0.4, 0.5) is 0 Å². The van der Waals surface area contributed by atoms with Gasteiger partial charge in [0.2, 0.25) is 0 Å². The molecule has 2 atom stereocenters. The number of benzene rings is 1. The SMILES string of the molecule is CCOCC(C)NC(CC)c1ccc(Br)cc1. The van der Waals surface area contributed by atoms with Crippen LogP contribution in [0.2, 0.25) is 0 Å². The highest BCUT2D eigenvalue weighted by atomic mass is 79.9. The Kier molecular flexibility index (Phi) is 6.78. The monoisotopic (exact) mass is 299 g/mol. The van der Waals surface area contributed by atoms with Gasteiger partial charge < -0.3 is 10.1 Å². The largest absolute Gasteiger partial charge is 0.380 e. The number of rotatable bonds is 7. The molecule has 0 saturated carbocycles. The number of ether oxygens (including phenoxy) is 1. The first kappa shape index (κ1) is 14.7. The Bertz CT molecular complexity index is 313. The quantitative estimate of drug-likeness (QED) is 0.824. The lowest BCUT2D eigenvalue weighted by molar-refractivity contribution is 0.123. The Balaban J connectivity index is 2.56. The van der Waals surface area contributed by atoms with Crippen molar-refractivity contribution in [1.29, 1.82) is 0 Å². The number of halogens is 1. The summed E-state index contributed by atoms with van der Waals surface area (Å²) >= 11 is 3.46. The first-order valence-electron chi connectivity index (χ1n) is 6.26. The van der Waals surface area contributed by atoms with Gasteiger partial charge in [0.15, 0.2) is 0 Å². The number of hydrogen-bond acceptors (Lipinski definition) is 2. The maximum atomic E-state index is 5.43. The lowest BCUT2D eigenvalue weighted by Gasteiger charge is -2.22. The average Bonchev–Trinajstić information content (AvgIpc) is 2.34. The predicted octanol–water partition coefficient (Wildman–Crippen LogP) is 3.91. The van der Waals surface area contributed by atoms with E-state index in [9.17, 15) is 0 Å². The average molecular weight is 300 g/mol. The molecule has 1 N–H and O–H groups in total. The summed E-state index contributed by atoms with van der Waals surface area (Å²) in [5, 5.41) is 3.60. The van der Waals surface area contributed by atoms with Gasteiger partial charge in [0, 0.05) is 23.2 Å². The van der Waals surface area contributed by atoms with Crippen molar-refractivity contribution in [2.45, 2.75) is 39.3 Å². The molecule has 0 aliphatic rings. The summed E-state index contributed by atoms with van der Waals surface area (Å²) in [6.07, 6.45) is 1.08. The van der Waals surface area contributed by atoms with Gasteiger partial charge in [-0.2, -0.15) is 0 Å². The summed E-state index contributed by atoms with van der Waals surface area (Å²) in [4.78, 5) is 0. The third kappa shape index (κ3) is 5.19. The van der Waals surface area contributed by atoms with Gasteiger partial charge >= 0.3 is 0 Å². The van der Waals surface area contributed by atoms with Crippen LogP contribution in [0.15, 0.2) is 28.7 Å². The molecule has 0 radical (unpaired) electrons. The Labute approximate surface area is 113 Å². The van der Waals surface area contributed by atoms with Crippen LogP contribution in [-0.2, 0) is 4.74 Å². The van der Waals surface area contributed by atoms with E-state index in [0.29, 0.717) is 12.1 Å². The van der Waals surface area contributed by atoms with E-state index < -0.39 is 0 Å². The molecular formula is C14H22BrNO. The predicted molar refractivity (Wildman–Crippen MR) is 76.3 cm³/mol. The third-order valence-electron chi connectivity index (χ3n) is 2.74. The molecule has 1 rings (SSSR count). The lowest BCUT2D eigenvalue weighted by atomic mass is 10.0. The Morgan fingerprint density at radius 3 is 2.41 bits per heavy atom. The van der Waals surface area contributed by atoms with Gasteiger partial charge in [-0.05, 0) is 38.0 Å². The molecule has 2 nitrogen and oxygen atoms in total. The van der Waals surface area contributed by atoms with Gasteiger partial charge in [0.1, 0.15) is 0 Å². The van der Waals surface area contributed by atoms with Crippen LogP contribution in [0, 0.1) is 0 Å². The first-order chi connectivity index (χ1) is 8.17. The van der Waals surface area contributed by atoms with Crippen molar-refractivity contribution in [3.8, 4) is 0 Å². The zero-order valence-electron chi connectivity index (χ0n) is 10.9. The van der Waals surface area contributed by atoms with E-state index in [1.54, 1.807) is 0 Å². The van der Waals surface area contributed by atoms with E-state index in [1.165, 1.54) is 5.56 Å². The zero-order valence-corrected chi connectivity index (χ0v) is 12.5. The summed E-state index contributed by atoms with van der Waals surface area (Å²) in [5.41, 5.74) is 1.33. The van der Waals surface area contributed by atoms with Crippen LogP contribution in [-0.4, -0.2) is 19.3 Å². The zero-order chi connectivity index (χ0) is 12.7. The first-order valence-corrected chi connectivity index (χ1v) is 7.05. The molecule has 0 bridgehead atoms. The second kappa shape index (κ2) is 7.85. The van der Waals surface area contributed by atoms with Crippen molar-refractivity contribution in [2.75, 3.05) is 13.2 Å². The molecule has 0 heterocycles. The number of hydrogen-bond donors (Lipinski definition) is 1. The fraction of sp³-hybridized carbons (Fsp3) is 0.571. The van der Waals surface area contributed by atoms with Crippen LogP contribution in [0.25, 0.3) is 0 Å². The second-order valence-corrected chi connectivity index (χ2v) is 5.16. The van der Waals surface area contributed by atoms with E-state index in [4.69, 9.17) is 4.74 Å². The van der Waals surface area contributed by atoms with Gasteiger partial charge in [-0.25, -0.2) is 0 Å². The van der Waals surface area contributed by atoms with E-state index in [2.05, 4.69) is 59.4 Å². The topological polar surface area (TPSA) is 21.3 Å². The molecule has 0 spiro atoms. The molecule has 1 aromatic rings. The van der Waals surface area contributed by atoms with Gasteiger partial charge in [-0.1, -0.05) is 35.0 Å². The standard InChI is InChI=1S/C14H22BrNO/c1-4-14(16-11(3)10-17-5-2)12-6-8-13(15)9-7-12/h6-9,11,14,16H,4-5,10H2,1-3H3. The lowest BCUT2D eigenvalue weighted by Crippen LogP contribution is -2.33. The van der Waals surface area contributed by atoms with Crippen LogP contribution in [0.1, 0.15) is 38.8 Å². The maximum Gasteiger partial charge on any atom is 0.0616 e. The van der Waals surface area contributed by atoms with Crippen LogP contribution in [0.3, 0.4) is 0 Å². The van der Waals surface area contributed by atoms with Crippen molar-refractivity contribution in [2.24, 2.45) is 0 Å². The molecule has 2 unspecified atom stereocenters. The molecule has 0 saturated heterocycles. The normalized spacial score (nSPS) is 14.6. The molecule has 0 aromatic heterocycles. The number of nitrogens with one attached hydrogen (secondary N) is 1. The van der Waals surface area contributed by atoms with Gasteiger partial charge in [0.25, 0.3) is 0 Å². The van der Waals surface area contributed by atoms with Gasteiger partial charge in [-0.3, -0.25) is 0 Å². The minimum Gasteiger partial charge on any atom is -0.380 e. The molecule has 1 aromatic carbocycles. The summed E-state index contributed by atoms with van der Waals surface area (Å²) < 4.78 is 6.55. The molecule has 0 aliphatic carbocycles. The molecule has 0 amide bonds. The van der Waals surface area contributed by atoms with E-state index in [1.807, 2.05) is 6.92 Å². The highest BCUT2D eigenvalue weighted by molar-refractivity contribution is 9.10. The van der Waals surface area contributed by atoms with Crippen LogP contribution in [0.5, 0.6) is 0 Å². The Morgan fingerprint density at radius 1 is 1.24 bits per heavy atom. The smallest absolute Gasteiger partial charge is 0.0616 e. The third-order valence-corrected chi connectivity index (χ3v) is 3.27. The van der Waals surface area contributed by atoms with Crippen molar-refractivity contribution in [3.63, 3.8) is 0 Å². The van der Waals surface area contributed by atoms with Crippen molar-refractivity contribution >= 4 is 15.9 Å². The fourth-order valence-corrected chi connectivity index (χ4v) is 2.10. The molecule has 3 heteroatoms. The summed E-state index contributed by atoms with van der Waals surface area (Å²) in [5.74, 6) is 0. The minimum absolute atomic E-state index is 0.378. The van der Waals surface area contributed by atoms with Crippen molar-refractivity contribution in [3.05, 3.63) is 34.3 Å². The highest BCUT2D eigenvalue weighted by Gasteiger charge is 2.12. The fourth-order valence-electron chi connectivity index (χ4n) is 1.83. The second-order valence-electron chi connectivity index (χ2n) is 4.24. The Morgan fingerprint density at radius 2 is 1.88 bits per heavy atom. The van der Waals surface area contributed by atoms with Crippen molar-refractivity contribution in [1.82, 2.24) is 5.32 Å². The van der Waals surface area contributed by atoms with E-state index in [0.717, 1.165) is 24.1 Å². The van der Waals surface area contributed by atoms with Crippen LogP contribution >= 0.6 is 15.9 Å². The summed E-state index contributed by atoms with van der Waals surface area (Å²) in [7, 11) is 0. The highest BCUT2D eigenvalue weighted by Crippen LogP contribution is 2.19. The van der Waals surface area contributed by atoms with E-state index >= 15 is 0 Å². The molecule has 17 heavy (non-hydrogen) atoms. The van der Waals surface area contributed by atoms with Gasteiger partial charge in [-0.15, -0.1) is 0 Å². The molecule has 96 valence electrons. The maximum absolute atomic E-state index is 5.43. The summed E-state index contributed by atoms with van der Waals surface area (Å²) in [6, 6.07) is 9.29. The van der Waals surface area contributed by atoms with Crippen molar-refractivity contribution < 1.29 is 4.74 Å². The molecular weight excluding hydrogens is 278 g/mol. The minimum atomic E-state index is 0.378. The molecule has 0 fully saturated rings. The van der Waals surface area contributed by atoms with Crippen LogP contribution < -0.4 is 5.32 Å². The van der Waals surface area contributed by atoms with Gasteiger partial charge in [0.05, 0.1) is 6.61 Å².